The molecule has 5 atom stereocenters. The Kier molecular flexibility index (Phi) is 4.72. The van der Waals surface area contributed by atoms with E-state index in [1.54, 1.807) is 11.7 Å². The fourth-order valence-electron chi connectivity index (χ4n) is 4.77. The Morgan fingerprint density at radius 3 is 2.64 bits per heavy atom. The minimum atomic E-state index is 0.133. The largest absolute Gasteiger partial charge is 0.312 e. The van der Waals surface area contributed by atoms with Crippen LogP contribution in [0.4, 0.5) is 0 Å². The second-order valence-electron chi connectivity index (χ2n) is 7.92. The van der Waals surface area contributed by atoms with Gasteiger partial charge in [-0.05, 0) is 49.9 Å². The maximum absolute atomic E-state index is 12.6. The summed E-state index contributed by atoms with van der Waals surface area (Å²) in [6, 6.07) is 0. The lowest BCUT2D eigenvalue weighted by Gasteiger charge is -2.41. The van der Waals surface area contributed by atoms with Crippen LogP contribution in [0.2, 0.25) is 0 Å². The molecule has 1 heterocycles. The highest BCUT2D eigenvalue weighted by Gasteiger charge is 2.40. The molecule has 1 N–H and O–H groups in total. The van der Waals surface area contributed by atoms with E-state index in [1.807, 2.05) is 5.38 Å². The first-order chi connectivity index (χ1) is 12.2. The first kappa shape index (κ1) is 16.9. The molecule has 0 bridgehead atoms. The van der Waals surface area contributed by atoms with Crippen LogP contribution in [0.25, 0.3) is 0 Å². The average molecular weight is 355 g/mol. The average Bonchev–Trinajstić information content (AvgIpc) is 3.12. The number of rotatable bonds is 6. The molecule has 3 aliphatic carbocycles. The first-order valence-electron chi connectivity index (χ1n) is 9.51. The summed E-state index contributed by atoms with van der Waals surface area (Å²) < 4.78 is 0. The second kappa shape index (κ2) is 6.99. The van der Waals surface area contributed by atoms with E-state index in [0.29, 0.717) is 23.4 Å². The lowest BCUT2D eigenvalue weighted by molar-refractivity contribution is 0.0773. The van der Waals surface area contributed by atoms with Crippen LogP contribution >= 0.6 is 11.3 Å². The molecule has 0 amide bonds. The molecule has 5 unspecified atom stereocenters. The van der Waals surface area contributed by atoms with Crippen molar-refractivity contribution in [2.24, 2.45) is 29.6 Å². The number of hydrogen-bond acceptors (Lipinski definition) is 4. The molecule has 2 fully saturated rings. The van der Waals surface area contributed by atoms with Gasteiger partial charge in [-0.3, -0.25) is 4.79 Å². The van der Waals surface area contributed by atoms with Gasteiger partial charge in [0.2, 0.25) is 0 Å². The summed E-state index contributed by atoms with van der Waals surface area (Å²) in [4.78, 5) is 16.8. The van der Waals surface area contributed by atoms with E-state index in [1.165, 1.54) is 35.3 Å². The third kappa shape index (κ3) is 3.05. The highest BCUT2D eigenvalue weighted by molar-refractivity contribution is 7.07. The SMILES string of the molecule is CC1CCC1C(C=N)C1=CC=C(C2CCC2C(=O)c2cscn2)CC1. The molecule has 3 nitrogen and oxygen atoms in total. The Balaban J connectivity index is 1.45. The van der Waals surface area contributed by atoms with Gasteiger partial charge in [0.1, 0.15) is 5.69 Å². The van der Waals surface area contributed by atoms with Gasteiger partial charge in [-0.1, -0.05) is 36.6 Å². The summed E-state index contributed by atoms with van der Waals surface area (Å²) in [5.41, 5.74) is 5.26. The fraction of sp³-hybridized carbons (Fsp3) is 0.571. The Bertz CT molecular complexity index is 718. The quantitative estimate of drug-likeness (QED) is 0.556. The van der Waals surface area contributed by atoms with E-state index in [9.17, 15) is 4.79 Å². The number of carbonyl (C=O) groups is 1. The van der Waals surface area contributed by atoms with Crippen LogP contribution < -0.4 is 0 Å². The van der Waals surface area contributed by atoms with Crippen molar-refractivity contribution in [1.82, 2.24) is 4.98 Å². The highest BCUT2D eigenvalue weighted by atomic mass is 32.1. The van der Waals surface area contributed by atoms with E-state index >= 15 is 0 Å². The number of nitrogens with one attached hydrogen (secondary N) is 1. The zero-order chi connectivity index (χ0) is 17.4. The maximum Gasteiger partial charge on any atom is 0.185 e. The smallest absolute Gasteiger partial charge is 0.185 e. The van der Waals surface area contributed by atoms with Gasteiger partial charge in [-0.2, -0.15) is 0 Å². The van der Waals surface area contributed by atoms with E-state index in [-0.39, 0.29) is 11.7 Å². The van der Waals surface area contributed by atoms with E-state index in [2.05, 4.69) is 24.1 Å². The lowest BCUT2D eigenvalue weighted by atomic mass is 9.63. The van der Waals surface area contributed by atoms with Crippen LogP contribution in [0.15, 0.2) is 34.2 Å². The molecule has 0 radical (unpaired) electrons. The third-order valence-corrected chi connectivity index (χ3v) is 7.33. The fourth-order valence-corrected chi connectivity index (χ4v) is 5.31. The van der Waals surface area contributed by atoms with Crippen molar-refractivity contribution < 1.29 is 4.79 Å². The van der Waals surface area contributed by atoms with Crippen LogP contribution in [-0.4, -0.2) is 17.0 Å². The summed E-state index contributed by atoms with van der Waals surface area (Å²) in [6.45, 7) is 2.32. The van der Waals surface area contributed by atoms with Crippen LogP contribution in [0.3, 0.4) is 0 Å². The van der Waals surface area contributed by atoms with Crippen molar-refractivity contribution in [2.45, 2.75) is 45.4 Å². The number of Topliss-reactive ketones (excluding diaryl/α,β-unsaturated/α-hetero) is 1. The third-order valence-electron chi connectivity index (χ3n) is 6.74. The number of carbonyl (C=O) groups excluding carboxylic acids is 1. The number of nitrogens with zero attached hydrogens (tertiary/aromatic N) is 1. The standard InChI is InChI=1S/C21H26N2OS/c1-13-2-7-16(13)19(10-22)15-5-3-14(4-6-15)17-8-9-18(17)21(24)20-11-25-12-23-20/h3,5,10-13,16-19,22H,2,4,6-9H2,1H3. The Morgan fingerprint density at radius 1 is 1.28 bits per heavy atom. The Hall–Kier alpha value is -1.55. The zero-order valence-corrected chi connectivity index (χ0v) is 15.6. The molecule has 3 aliphatic rings. The number of ketones is 1. The summed E-state index contributed by atoms with van der Waals surface area (Å²) in [7, 11) is 0. The molecule has 1 aromatic heterocycles. The Labute approximate surface area is 153 Å². The first-order valence-corrected chi connectivity index (χ1v) is 10.5. The summed E-state index contributed by atoms with van der Waals surface area (Å²) in [6.07, 6.45) is 13.0. The van der Waals surface area contributed by atoms with Crippen LogP contribution in [0, 0.1) is 35.0 Å². The molecule has 0 aliphatic heterocycles. The minimum Gasteiger partial charge on any atom is -0.312 e. The number of hydrogen-bond donors (Lipinski definition) is 1. The highest BCUT2D eigenvalue weighted by Crippen LogP contribution is 2.47. The van der Waals surface area contributed by atoms with Gasteiger partial charge in [0.25, 0.3) is 0 Å². The summed E-state index contributed by atoms with van der Waals surface area (Å²) >= 11 is 1.50. The van der Waals surface area contributed by atoms with Gasteiger partial charge in [0.15, 0.2) is 5.78 Å². The van der Waals surface area contributed by atoms with Gasteiger partial charge in [-0.25, -0.2) is 4.98 Å². The number of allylic oxidation sites excluding steroid dienone is 4. The van der Waals surface area contributed by atoms with Crippen LogP contribution in [-0.2, 0) is 0 Å². The minimum absolute atomic E-state index is 0.133. The van der Waals surface area contributed by atoms with E-state index < -0.39 is 0 Å². The van der Waals surface area contributed by atoms with Gasteiger partial charge >= 0.3 is 0 Å². The molecular weight excluding hydrogens is 328 g/mol. The maximum atomic E-state index is 12.6. The van der Waals surface area contributed by atoms with Crippen LogP contribution in [0.1, 0.15) is 55.9 Å². The summed E-state index contributed by atoms with van der Waals surface area (Å²) in [5, 5.41) is 9.74. The molecule has 25 heavy (non-hydrogen) atoms. The van der Waals surface area contributed by atoms with Gasteiger partial charge in [0, 0.05) is 23.4 Å². The molecule has 0 spiro atoms. The van der Waals surface area contributed by atoms with E-state index in [0.717, 1.165) is 31.6 Å². The molecular formula is C21H26N2OS. The van der Waals surface area contributed by atoms with Crippen molar-refractivity contribution in [1.29, 1.82) is 5.41 Å². The van der Waals surface area contributed by atoms with Crippen molar-refractivity contribution in [3.63, 3.8) is 0 Å². The molecule has 1 aromatic rings. The number of aromatic nitrogens is 1. The lowest BCUT2D eigenvalue weighted by Crippen LogP contribution is -2.35. The monoisotopic (exact) mass is 354 g/mol. The van der Waals surface area contributed by atoms with Crippen molar-refractivity contribution in [3.05, 3.63) is 39.9 Å². The molecule has 0 saturated heterocycles. The van der Waals surface area contributed by atoms with Crippen molar-refractivity contribution in [2.75, 3.05) is 0 Å². The molecule has 2 saturated carbocycles. The van der Waals surface area contributed by atoms with Crippen molar-refractivity contribution in [3.8, 4) is 0 Å². The zero-order valence-electron chi connectivity index (χ0n) is 14.8. The van der Waals surface area contributed by atoms with Crippen molar-refractivity contribution >= 4 is 23.3 Å². The van der Waals surface area contributed by atoms with Gasteiger partial charge < -0.3 is 5.41 Å². The molecule has 0 aromatic carbocycles. The van der Waals surface area contributed by atoms with E-state index in [4.69, 9.17) is 5.41 Å². The second-order valence-corrected chi connectivity index (χ2v) is 8.64. The van der Waals surface area contributed by atoms with Crippen LogP contribution in [0.5, 0.6) is 0 Å². The number of thiazole rings is 1. The summed E-state index contributed by atoms with van der Waals surface area (Å²) in [5.74, 6) is 2.52. The van der Waals surface area contributed by atoms with Gasteiger partial charge in [-0.15, -0.1) is 11.3 Å². The topological polar surface area (TPSA) is 53.8 Å². The predicted molar refractivity (Wildman–Crippen MR) is 102 cm³/mol. The molecule has 4 rings (SSSR count). The van der Waals surface area contributed by atoms with Gasteiger partial charge in [0.05, 0.1) is 5.51 Å². The normalized spacial score (nSPS) is 32.7. The molecule has 132 valence electrons. The molecule has 4 heteroatoms. The predicted octanol–water partition coefficient (Wildman–Crippen LogP) is 5.31. The Morgan fingerprint density at radius 2 is 2.16 bits per heavy atom.